The lowest BCUT2D eigenvalue weighted by Gasteiger charge is -2.20. The lowest BCUT2D eigenvalue weighted by atomic mass is 9.88. The first-order valence-corrected chi connectivity index (χ1v) is 4.42. The predicted octanol–water partition coefficient (Wildman–Crippen LogP) is 1.97. The van der Waals surface area contributed by atoms with E-state index in [4.69, 9.17) is 5.73 Å². The van der Waals surface area contributed by atoms with E-state index < -0.39 is 0 Å². The molecule has 0 bridgehead atoms. The molecule has 0 saturated carbocycles. The first kappa shape index (κ1) is 6.46. The molecule has 2 rings (SSSR count). The number of halogens is 1. The molecule has 1 aliphatic rings. The molecule has 0 radical (unpaired) electrons. The summed E-state index contributed by atoms with van der Waals surface area (Å²) >= 11 is 2.32. The molecule has 0 fully saturated rings. The highest BCUT2D eigenvalue weighted by molar-refractivity contribution is 14.1. The van der Waals surface area contributed by atoms with Gasteiger partial charge >= 0.3 is 0 Å². The third-order valence-electron chi connectivity index (χ3n) is 2.01. The second kappa shape index (κ2) is 2.12. The van der Waals surface area contributed by atoms with E-state index in [0.29, 0.717) is 0 Å². The molecule has 0 aromatic heterocycles. The molecule has 2 heteroatoms. The quantitative estimate of drug-likeness (QED) is 0.548. The molecular weight excluding hydrogens is 237 g/mol. The van der Waals surface area contributed by atoms with Gasteiger partial charge in [0.15, 0.2) is 0 Å². The van der Waals surface area contributed by atoms with Crippen molar-refractivity contribution in [3.63, 3.8) is 0 Å². The zero-order valence-electron chi connectivity index (χ0n) is 5.52. The SMILES string of the molecule is Nc1ccc2c(c1I)CC2. The Morgan fingerprint density at radius 1 is 1.30 bits per heavy atom. The number of hydrogen-bond acceptors (Lipinski definition) is 1. The molecule has 1 aromatic rings. The molecule has 0 spiro atoms. The number of fused-ring (bicyclic) bond motifs is 1. The third-order valence-corrected chi connectivity index (χ3v) is 3.29. The Labute approximate surface area is 73.8 Å². The Hall–Kier alpha value is -0.250. The topological polar surface area (TPSA) is 26.0 Å². The van der Waals surface area contributed by atoms with E-state index in [9.17, 15) is 0 Å². The van der Waals surface area contributed by atoms with Crippen molar-refractivity contribution in [2.45, 2.75) is 12.8 Å². The van der Waals surface area contributed by atoms with Crippen molar-refractivity contribution < 1.29 is 0 Å². The number of hydrogen-bond donors (Lipinski definition) is 1. The highest BCUT2D eigenvalue weighted by Crippen LogP contribution is 2.30. The molecule has 0 atom stereocenters. The van der Waals surface area contributed by atoms with Crippen molar-refractivity contribution in [2.75, 3.05) is 5.73 Å². The summed E-state index contributed by atoms with van der Waals surface area (Å²) in [6.45, 7) is 0. The van der Waals surface area contributed by atoms with Crippen LogP contribution in [0.2, 0.25) is 0 Å². The van der Waals surface area contributed by atoms with Gasteiger partial charge in [0.2, 0.25) is 0 Å². The van der Waals surface area contributed by atoms with Crippen molar-refractivity contribution in [3.05, 3.63) is 26.8 Å². The highest BCUT2D eigenvalue weighted by Gasteiger charge is 2.16. The van der Waals surface area contributed by atoms with E-state index in [1.54, 1.807) is 0 Å². The molecule has 1 aromatic carbocycles. The summed E-state index contributed by atoms with van der Waals surface area (Å²) in [6.07, 6.45) is 2.46. The molecule has 0 aliphatic heterocycles. The molecule has 0 saturated heterocycles. The minimum Gasteiger partial charge on any atom is -0.398 e. The van der Waals surface area contributed by atoms with E-state index in [2.05, 4.69) is 28.7 Å². The Morgan fingerprint density at radius 2 is 2.10 bits per heavy atom. The van der Waals surface area contributed by atoms with Crippen molar-refractivity contribution in [3.8, 4) is 0 Å². The molecule has 2 N–H and O–H groups in total. The van der Waals surface area contributed by atoms with Gasteiger partial charge in [0.05, 0.1) is 0 Å². The van der Waals surface area contributed by atoms with Crippen LogP contribution >= 0.6 is 22.6 Å². The second-order valence-corrected chi connectivity index (χ2v) is 3.69. The number of anilines is 1. The average Bonchev–Trinajstić information content (AvgIpc) is 1.82. The Kier molecular flexibility index (Phi) is 1.37. The Morgan fingerprint density at radius 3 is 2.60 bits per heavy atom. The fraction of sp³-hybridized carbons (Fsp3) is 0.250. The minimum atomic E-state index is 0.930. The maximum Gasteiger partial charge on any atom is 0.0452 e. The number of rotatable bonds is 0. The largest absolute Gasteiger partial charge is 0.398 e. The number of nitrogen functional groups attached to an aromatic ring is 1. The predicted molar refractivity (Wildman–Crippen MR) is 51.0 cm³/mol. The number of benzene rings is 1. The van der Waals surface area contributed by atoms with Crippen LogP contribution in [0, 0.1) is 3.57 Å². The summed E-state index contributed by atoms with van der Waals surface area (Å²) in [4.78, 5) is 0. The van der Waals surface area contributed by atoms with Crippen LogP contribution in [0.3, 0.4) is 0 Å². The monoisotopic (exact) mass is 245 g/mol. The van der Waals surface area contributed by atoms with Crippen molar-refractivity contribution >= 4 is 28.3 Å². The van der Waals surface area contributed by atoms with Gasteiger partial charge in [-0.1, -0.05) is 6.07 Å². The van der Waals surface area contributed by atoms with Crippen molar-refractivity contribution in [1.29, 1.82) is 0 Å². The standard InChI is InChI=1S/C8H8IN/c9-8-6-3-1-5(6)2-4-7(8)10/h2,4H,1,3,10H2. The Balaban J connectivity index is 2.66. The average molecular weight is 245 g/mol. The lowest BCUT2D eigenvalue weighted by Crippen LogP contribution is -2.11. The van der Waals surface area contributed by atoms with E-state index >= 15 is 0 Å². The minimum absolute atomic E-state index is 0.930. The van der Waals surface area contributed by atoms with E-state index in [-0.39, 0.29) is 0 Å². The van der Waals surface area contributed by atoms with Crippen LogP contribution in [0.25, 0.3) is 0 Å². The van der Waals surface area contributed by atoms with E-state index in [0.717, 1.165) is 5.69 Å². The van der Waals surface area contributed by atoms with E-state index in [1.807, 2.05) is 6.07 Å². The summed E-state index contributed by atoms with van der Waals surface area (Å²) < 4.78 is 1.27. The summed E-state index contributed by atoms with van der Waals surface area (Å²) in [5.41, 5.74) is 9.60. The van der Waals surface area contributed by atoms with Crippen molar-refractivity contribution in [2.24, 2.45) is 0 Å². The van der Waals surface area contributed by atoms with Crippen LogP contribution in [-0.2, 0) is 12.8 Å². The smallest absolute Gasteiger partial charge is 0.0452 e. The van der Waals surface area contributed by atoms with Gasteiger partial charge in [-0.3, -0.25) is 0 Å². The van der Waals surface area contributed by atoms with Crippen LogP contribution in [0.4, 0.5) is 5.69 Å². The fourth-order valence-corrected chi connectivity index (χ4v) is 2.06. The second-order valence-electron chi connectivity index (χ2n) is 2.61. The maximum absolute atomic E-state index is 5.72. The van der Waals surface area contributed by atoms with Gasteiger partial charge in [0, 0.05) is 9.26 Å². The molecule has 1 aliphatic carbocycles. The van der Waals surface area contributed by atoms with Crippen LogP contribution < -0.4 is 5.73 Å². The van der Waals surface area contributed by atoms with Crippen molar-refractivity contribution in [1.82, 2.24) is 0 Å². The van der Waals surface area contributed by atoms with Crippen LogP contribution in [0.5, 0.6) is 0 Å². The van der Waals surface area contributed by atoms with Gasteiger partial charge in [-0.2, -0.15) is 0 Å². The molecular formula is C8H8IN. The molecule has 0 amide bonds. The van der Waals surface area contributed by atoms with Gasteiger partial charge in [0.25, 0.3) is 0 Å². The summed E-state index contributed by atoms with van der Waals surface area (Å²) in [7, 11) is 0. The van der Waals surface area contributed by atoms with Gasteiger partial charge in [-0.05, 0) is 52.6 Å². The Bertz CT molecular complexity index is 266. The highest BCUT2D eigenvalue weighted by atomic mass is 127. The first-order valence-electron chi connectivity index (χ1n) is 3.35. The van der Waals surface area contributed by atoms with Crippen LogP contribution in [0.15, 0.2) is 12.1 Å². The van der Waals surface area contributed by atoms with Gasteiger partial charge in [-0.15, -0.1) is 0 Å². The third kappa shape index (κ3) is 0.746. The molecule has 52 valence electrons. The zero-order valence-corrected chi connectivity index (χ0v) is 7.68. The number of aryl methyl sites for hydroxylation is 1. The summed E-state index contributed by atoms with van der Waals surface area (Å²) in [5.74, 6) is 0. The normalized spacial score (nSPS) is 14.1. The molecule has 0 unspecified atom stereocenters. The number of nitrogens with two attached hydrogens (primary N) is 1. The lowest BCUT2D eigenvalue weighted by molar-refractivity contribution is 0.833. The molecule has 1 nitrogen and oxygen atoms in total. The van der Waals surface area contributed by atoms with Gasteiger partial charge < -0.3 is 5.73 Å². The first-order chi connectivity index (χ1) is 4.79. The van der Waals surface area contributed by atoms with Gasteiger partial charge in [0.1, 0.15) is 0 Å². The maximum atomic E-state index is 5.72. The van der Waals surface area contributed by atoms with Crippen LogP contribution in [-0.4, -0.2) is 0 Å². The molecule has 10 heavy (non-hydrogen) atoms. The molecule has 0 heterocycles. The van der Waals surface area contributed by atoms with Gasteiger partial charge in [-0.25, -0.2) is 0 Å². The van der Waals surface area contributed by atoms with E-state index in [1.165, 1.54) is 27.5 Å². The summed E-state index contributed by atoms with van der Waals surface area (Å²) in [6, 6.07) is 4.14. The fourth-order valence-electron chi connectivity index (χ4n) is 1.27. The summed E-state index contributed by atoms with van der Waals surface area (Å²) in [5, 5.41) is 0. The zero-order chi connectivity index (χ0) is 7.14. The van der Waals surface area contributed by atoms with Crippen LogP contribution in [0.1, 0.15) is 11.1 Å².